The third-order valence-electron chi connectivity index (χ3n) is 10.5. The molecular weight excluding hydrogens is 817 g/mol. The molecule has 3 aromatic rings. The predicted octanol–water partition coefficient (Wildman–Crippen LogP) is 1.46. The van der Waals surface area contributed by atoms with Crippen molar-refractivity contribution in [2.45, 2.75) is 64.5 Å². The van der Waals surface area contributed by atoms with Gasteiger partial charge < -0.3 is 41.3 Å². The SMILES string of the molecule is Cc1c(COc2ncnc(NCCNC(=O)CCC(=O)NCCCCCNC(=O)CCC(C(=O)O)N3CCN(CC(=O)O)CCN(CC(=O)O)CC3)n2)cccc1-c1ccccc1. The minimum Gasteiger partial charge on any atom is -0.480 e. The number of nitrogens with one attached hydrogen (secondary N) is 4. The first-order valence-corrected chi connectivity index (χ1v) is 21.2. The molecule has 63 heavy (non-hydrogen) atoms. The number of anilines is 1. The topological polar surface area (TPSA) is 269 Å². The van der Waals surface area contributed by atoms with E-state index in [1.807, 2.05) is 30.3 Å². The van der Waals surface area contributed by atoms with Gasteiger partial charge in [0.05, 0.1) is 13.1 Å². The standard InChI is InChI=1S/C43H60N10O10/c1-31-33(11-8-12-34(31)32-9-4-2-5-10-32)29-63-43-49-30-48-42(50-43)47-20-19-46-38(56)16-15-37(55)45-18-7-3-6-17-44-36(54)14-13-35(41(61)62)53-25-23-51(27-39(57)58)21-22-52(24-26-53)28-40(59)60/h2,4-5,8-12,30,35H,3,6-7,13-29H2,1H3,(H,44,54)(H,45,55)(H,46,56)(H,57,58)(H,59,60)(H,61,62)(H,47,48,49,50). The maximum atomic E-state index is 12.6. The molecule has 1 atom stereocenters. The summed E-state index contributed by atoms with van der Waals surface area (Å²) in [6.07, 6.45) is 3.44. The summed E-state index contributed by atoms with van der Waals surface area (Å²) in [6, 6.07) is 15.3. The van der Waals surface area contributed by atoms with Crippen molar-refractivity contribution in [3.05, 3.63) is 66.0 Å². The molecule has 0 saturated carbocycles. The molecule has 342 valence electrons. The smallest absolute Gasteiger partial charge is 0.321 e. The number of benzene rings is 2. The molecule has 0 aliphatic carbocycles. The van der Waals surface area contributed by atoms with Gasteiger partial charge in [-0.1, -0.05) is 48.5 Å². The fourth-order valence-corrected chi connectivity index (χ4v) is 7.00. The Hall–Kier alpha value is -6.25. The largest absolute Gasteiger partial charge is 0.480 e. The van der Waals surface area contributed by atoms with Crippen LogP contribution in [0.5, 0.6) is 6.01 Å². The zero-order chi connectivity index (χ0) is 45.4. The van der Waals surface area contributed by atoms with Crippen molar-refractivity contribution in [3.8, 4) is 17.1 Å². The van der Waals surface area contributed by atoms with Crippen LogP contribution in [0.15, 0.2) is 54.9 Å². The van der Waals surface area contributed by atoms with Crippen molar-refractivity contribution in [1.29, 1.82) is 0 Å². The van der Waals surface area contributed by atoms with E-state index in [-0.39, 0.29) is 102 Å². The van der Waals surface area contributed by atoms with Gasteiger partial charge in [0.25, 0.3) is 0 Å². The van der Waals surface area contributed by atoms with Crippen LogP contribution < -0.4 is 26.0 Å². The first-order chi connectivity index (χ1) is 30.4. The summed E-state index contributed by atoms with van der Waals surface area (Å²) in [5.74, 6) is -3.70. The fourth-order valence-electron chi connectivity index (χ4n) is 7.00. The number of amides is 3. The molecule has 7 N–H and O–H groups in total. The molecule has 1 unspecified atom stereocenters. The van der Waals surface area contributed by atoms with E-state index in [0.29, 0.717) is 51.5 Å². The Morgan fingerprint density at radius 2 is 1.27 bits per heavy atom. The molecule has 0 radical (unpaired) electrons. The van der Waals surface area contributed by atoms with Crippen molar-refractivity contribution in [2.75, 3.05) is 83.9 Å². The molecule has 1 aliphatic heterocycles. The van der Waals surface area contributed by atoms with E-state index < -0.39 is 23.9 Å². The lowest BCUT2D eigenvalue weighted by molar-refractivity contribution is -0.144. The summed E-state index contributed by atoms with van der Waals surface area (Å²) in [6.45, 7) is 4.99. The molecule has 0 bridgehead atoms. The Labute approximate surface area is 366 Å². The van der Waals surface area contributed by atoms with E-state index in [1.54, 1.807) is 14.7 Å². The summed E-state index contributed by atoms with van der Waals surface area (Å²) in [7, 11) is 0. The van der Waals surface area contributed by atoms with Gasteiger partial charge in [0.2, 0.25) is 23.7 Å². The first-order valence-electron chi connectivity index (χ1n) is 21.2. The highest BCUT2D eigenvalue weighted by Crippen LogP contribution is 2.26. The van der Waals surface area contributed by atoms with Crippen LogP contribution in [0.2, 0.25) is 0 Å². The van der Waals surface area contributed by atoms with Crippen LogP contribution in [0.4, 0.5) is 5.95 Å². The third kappa shape index (κ3) is 18.7. The van der Waals surface area contributed by atoms with Crippen LogP contribution >= 0.6 is 0 Å². The average Bonchev–Trinajstić information content (AvgIpc) is 3.34. The number of carboxylic acid groups (broad SMARTS) is 3. The van der Waals surface area contributed by atoms with E-state index in [0.717, 1.165) is 28.7 Å². The molecule has 2 aromatic carbocycles. The van der Waals surface area contributed by atoms with Crippen LogP contribution in [0.1, 0.15) is 56.1 Å². The lowest BCUT2D eigenvalue weighted by Gasteiger charge is -2.30. The highest BCUT2D eigenvalue weighted by molar-refractivity contribution is 5.83. The van der Waals surface area contributed by atoms with Crippen molar-refractivity contribution in [1.82, 2.24) is 45.6 Å². The Kier molecular flexibility index (Phi) is 21.1. The molecule has 1 aliphatic rings. The number of hydrogen-bond acceptors (Lipinski definition) is 14. The zero-order valence-corrected chi connectivity index (χ0v) is 35.8. The monoisotopic (exact) mass is 876 g/mol. The molecule has 0 spiro atoms. The van der Waals surface area contributed by atoms with Gasteiger partial charge in [-0.05, 0) is 54.9 Å². The van der Waals surface area contributed by atoms with Gasteiger partial charge in [0.1, 0.15) is 19.0 Å². The lowest BCUT2D eigenvalue weighted by atomic mass is 9.97. The number of nitrogens with zero attached hydrogens (tertiary/aromatic N) is 6. The summed E-state index contributed by atoms with van der Waals surface area (Å²) in [5.41, 5.74) is 4.36. The molecule has 3 amide bonds. The Balaban J connectivity index is 1.03. The van der Waals surface area contributed by atoms with Gasteiger partial charge in [-0.15, -0.1) is 0 Å². The number of aliphatic carboxylic acids is 3. The Morgan fingerprint density at radius 1 is 0.683 bits per heavy atom. The van der Waals surface area contributed by atoms with Gasteiger partial charge in [0.15, 0.2) is 0 Å². The Morgan fingerprint density at radius 3 is 1.87 bits per heavy atom. The minimum absolute atomic E-state index is 0.0271. The predicted molar refractivity (Wildman–Crippen MR) is 232 cm³/mol. The van der Waals surface area contributed by atoms with E-state index in [1.165, 1.54) is 6.33 Å². The summed E-state index contributed by atoms with van der Waals surface area (Å²) >= 11 is 0. The number of unbranched alkanes of at least 4 members (excludes halogenated alkanes) is 2. The average molecular weight is 877 g/mol. The zero-order valence-electron chi connectivity index (χ0n) is 35.8. The molecule has 1 saturated heterocycles. The van der Waals surface area contributed by atoms with Crippen LogP contribution in [-0.4, -0.2) is 165 Å². The number of carbonyl (C=O) groups is 6. The summed E-state index contributed by atoms with van der Waals surface area (Å²) < 4.78 is 5.86. The van der Waals surface area contributed by atoms with Crippen molar-refractivity contribution in [2.24, 2.45) is 0 Å². The van der Waals surface area contributed by atoms with Gasteiger partial charge in [-0.3, -0.25) is 43.5 Å². The summed E-state index contributed by atoms with van der Waals surface area (Å²) in [5, 5.41) is 39.9. The summed E-state index contributed by atoms with van der Waals surface area (Å²) in [4.78, 5) is 89.6. The number of carboxylic acids is 3. The Bertz CT molecular complexity index is 1930. The highest BCUT2D eigenvalue weighted by atomic mass is 16.5. The molecule has 1 fully saturated rings. The number of hydrogen-bond donors (Lipinski definition) is 7. The molecule has 1 aromatic heterocycles. The molecule has 20 nitrogen and oxygen atoms in total. The van der Waals surface area contributed by atoms with E-state index in [9.17, 15) is 44.1 Å². The maximum Gasteiger partial charge on any atom is 0.321 e. The fraction of sp³-hybridized carbons (Fsp3) is 0.512. The van der Waals surface area contributed by atoms with Crippen LogP contribution in [-0.2, 0) is 35.4 Å². The van der Waals surface area contributed by atoms with Gasteiger partial charge >= 0.3 is 23.9 Å². The normalized spacial score (nSPS) is 14.3. The van der Waals surface area contributed by atoms with Gasteiger partial charge in [-0.25, -0.2) is 4.98 Å². The number of rotatable bonds is 26. The van der Waals surface area contributed by atoms with E-state index in [2.05, 4.69) is 61.3 Å². The lowest BCUT2D eigenvalue weighted by Crippen LogP contribution is -2.47. The molecule has 4 rings (SSSR count). The van der Waals surface area contributed by atoms with E-state index >= 15 is 0 Å². The van der Waals surface area contributed by atoms with Crippen molar-refractivity contribution >= 4 is 41.6 Å². The number of ether oxygens (including phenoxy) is 1. The van der Waals surface area contributed by atoms with Gasteiger partial charge in [0, 0.05) is 84.7 Å². The molecule has 20 heteroatoms. The van der Waals surface area contributed by atoms with E-state index in [4.69, 9.17) is 4.74 Å². The molecule has 2 heterocycles. The number of aromatic nitrogens is 3. The second-order valence-corrected chi connectivity index (χ2v) is 15.1. The quantitative estimate of drug-likeness (QED) is 0.0563. The minimum atomic E-state index is -1.11. The second-order valence-electron chi connectivity index (χ2n) is 15.1. The maximum absolute atomic E-state index is 12.6. The van der Waals surface area contributed by atoms with Crippen LogP contribution in [0.25, 0.3) is 11.1 Å². The van der Waals surface area contributed by atoms with Crippen molar-refractivity contribution in [3.63, 3.8) is 0 Å². The molecular formula is C43H60N10O10. The number of carbonyl (C=O) groups excluding carboxylic acids is 3. The van der Waals surface area contributed by atoms with Crippen LogP contribution in [0.3, 0.4) is 0 Å². The van der Waals surface area contributed by atoms with Gasteiger partial charge in [-0.2, -0.15) is 9.97 Å². The third-order valence-corrected chi connectivity index (χ3v) is 10.5. The highest BCUT2D eigenvalue weighted by Gasteiger charge is 2.29. The second kappa shape index (κ2) is 26.9. The van der Waals surface area contributed by atoms with Crippen molar-refractivity contribution < 1.29 is 48.8 Å². The first kappa shape index (κ1) is 49.4. The van der Waals surface area contributed by atoms with Crippen LogP contribution in [0, 0.1) is 6.92 Å².